The Balaban J connectivity index is 1.86. The van der Waals surface area contributed by atoms with E-state index in [0.29, 0.717) is 35.4 Å². The smallest absolute Gasteiger partial charge is 0.144 e. The molecule has 76 valence electrons. The molecule has 0 aromatic heterocycles. The van der Waals surface area contributed by atoms with Gasteiger partial charge < -0.3 is 0 Å². The predicted molar refractivity (Wildman–Crippen MR) is 55.8 cm³/mol. The van der Waals surface area contributed by atoms with Gasteiger partial charge in [-0.3, -0.25) is 4.79 Å². The van der Waals surface area contributed by atoms with Crippen LogP contribution in [0.4, 0.5) is 0 Å². The normalized spacial score (nSPS) is 66.0. The SMILES string of the molecule is O=C1C2C=CC3C4CC2C2C=CC4C3C12. The molecule has 0 aromatic rings. The molecule has 1 heteroatoms. The molecular formula is C14H14O. The van der Waals surface area contributed by atoms with Crippen molar-refractivity contribution in [3.05, 3.63) is 24.3 Å². The molecule has 0 amide bonds. The van der Waals surface area contributed by atoms with E-state index in [1.54, 1.807) is 0 Å². The number of hydrogen-bond donors (Lipinski definition) is 0. The van der Waals surface area contributed by atoms with Crippen molar-refractivity contribution in [1.29, 1.82) is 0 Å². The minimum Gasteiger partial charge on any atom is -0.299 e. The number of Topliss-reactive ketones (excluding diaryl/α,β-unsaturated/α-hetero) is 1. The Kier molecular flexibility index (Phi) is 0.991. The lowest BCUT2D eigenvalue weighted by Gasteiger charge is -2.52. The molecule has 0 aromatic carbocycles. The van der Waals surface area contributed by atoms with E-state index in [9.17, 15) is 4.79 Å². The third-order valence-electron chi connectivity index (χ3n) is 5.96. The van der Waals surface area contributed by atoms with Crippen molar-refractivity contribution < 1.29 is 4.79 Å². The maximum Gasteiger partial charge on any atom is 0.144 e. The first-order chi connectivity index (χ1) is 7.36. The average Bonchev–Trinajstić information content (AvgIpc) is 2.55. The lowest BCUT2D eigenvalue weighted by Crippen LogP contribution is -2.50. The van der Waals surface area contributed by atoms with Crippen LogP contribution in [0.25, 0.3) is 0 Å². The van der Waals surface area contributed by atoms with Gasteiger partial charge in [0.05, 0.1) is 0 Å². The highest BCUT2D eigenvalue weighted by molar-refractivity contribution is 5.90. The molecule has 0 aliphatic heterocycles. The number of ketones is 1. The molecule has 0 heterocycles. The molecule has 0 radical (unpaired) electrons. The second-order valence-corrected chi connectivity index (χ2v) is 6.10. The Bertz CT molecular complexity index is 433. The zero-order valence-corrected chi connectivity index (χ0v) is 8.54. The third-order valence-corrected chi connectivity index (χ3v) is 5.96. The first kappa shape index (κ1) is 7.43. The highest BCUT2D eigenvalue weighted by atomic mass is 16.1. The van der Waals surface area contributed by atoms with E-state index in [4.69, 9.17) is 0 Å². The minimum atomic E-state index is 0.293. The maximum absolute atomic E-state index is 12.3. The van der Waals surface area contributed by atoms with Crippen LogP contribution in [-0.4, -0.2) is 5.78 Å². The van der Waals surface area contributed by atoms with Crippen molar-refractivity contribution >= 4 is 5.78 Å². The second-order valence-electron chi connectivity index (χ2n) is 6.10. The van der Waals surface area contributed by atoms with Crippen LogP contribution >= 0.6 is 0 Å². The van der Waals surface area contributed by atoms with Crippen molar-refractivity contribution in [2.75, 3.05) is 0 Å². The standard InChI is InChI=1S/C14H14O/c15-14-9-4-3-7-10-5-11(9)8-2-1-6(10)12(7)13(8)14/h1-4,6-13H,5H2. The Hall–Kier alpha value is -0.850. The van der Waals surface area contributed by atoms with E-state index in [2.05, 4.69) is 24.3 Å². The summed E-state index contributed by atoms with van der Waals surface area (Å²) >= 11 is 0. The van der Waals surface area contributed by atoms with Crippen LogP contribution in [0.5, 0.6) is 0 Å². The van der Waals surface area contributed by atoms with Gasteiger partial charge in [-0.1, -0.05) is 24.3 Å². The summed E-state index contributed by atoms with van der Waals surface area (Å²) in [6, 6.07) is 0. The van der Waals surface area contributed by atoms with E-state index in [-0.39, 0.29) is 0 Å². The molecule has 7 rings (SSSR count). The predicted octanol–water partition coefficient (Wildman–Crippen LogP) is 2.06. The quantitative estimate of drug-likeness (QED) is 0.544. The number of carbonyl (C=O) groups excluding carboxylic acids is 1. The Labute approximate surface area is 89.2 Å². The summed E-state index contributed by atoms with van der Waals surface area (Å²) in [6.45, 7) is 0. The zero-order valence-electron chi connectivity index (χ0n) is 8.54. The number of hydrogen-bond acceptors (Lipinski definition) is 1. The highest BCUT2D eigenvalue weighted by Crippen LogP contribution is 2.68. The summed E-state index contributed by atoms with van der Waals surface area (Å²) in [6.07, 6.45) is 10.8. The van der Waals surface area contributed by atoms with Crippen molar-refractivity contribution in [2.45, 2.75) is 6.42 Å². The molecular weight excluding hydrogens is 184 g/mol. The van der Waals surface area contributed by atoms with Gasteiger partial charge in [-0.05, 0) is 41.9 Å². The molecule has 15 heavy (non-hydrogen) atoms. The van der Waals surface area contributed by atoms with Gasteiger partial charge in [-0.25, -0.2) is 0 Å². The van der Waals surface area contributed by atoms with Gasteiger partial charge >= 0.3 is 0 Å². The molecule has 8 bridgehead atoms. The molecule has 8 unspecified atom stereocenters. The average molecular weight is 198 g/mol. The molecule has 0 saturated heterocycles. The second kappa shape index (κ2) is 2.00. The lowest BCUT2D eigenvalue weighted by atomic mass is 9.51. The van der Waals surface area contributed by atoms with Crippen molar-refractivity contribution in [3.8, 4) is 0 Å². The Morgan fingerprint density at radius 1 is 0.933 bits per heavy atom. The van der Waals surface area contributed by atoms with E-state index in [1.807, 2.05) is 0 Å². The van der Waals surface area contributed by atoms with Crippen LogP contribution in [0.2, 0.25) is 0 Å². The van der Waals surface area contributed by atoms with Gasteiger partial charge in [0.15, 0.2) is 0 Å². The van der Waals surface area contributed by atoms with Crippen molar-refractivity contribution in [2.24, 2.45) is 47.3 Å². The first-order valence-electron chi connectivity index (χ1n) is 6.26. The molecule has 0 spiro atoms. The lowest BCUT2D eigenvalue weighted by molar-refractivity contribution is -0.130. The van der Waals surface area contributed by atoms with Crippen LogP contribution < -0.4 is 0 Å². The van der Waals surface area contributed by atoms with Gasteiger partial charge in [0, 0.05) is 11.8 Å². The number of carbonyl (C=O) groups is 1. The van der Waals surface area contributed by atoms with Crippen LogP contribution in [-0.2, 0) is 4.79 Å². The summed E-state index contributed by atoms with van der Waals surface area (Å²) in [7, 11) is 0. The molecule has 3 saturated carbocycles. The van der Waals surface area contributed by atoms with Crippen LogP contribution in [0.15, 0.2) is 24.3 Å². The maximum atomic E-state index is 12.3. The summed E-state index contributed by atoms with van der Waals surface area (Å²) in [5.74, 6) is 5.68. The zero-order chi connectivity index (χ0) is 9.73. The summed E-state index contributed by atoms with van der Waals surface area (Å²) in [5.41, 5.74) is 0. The highest BCUT2D eigenvalue weighted by Gasteiger charge is 2.67. The molecule has 8 atom stereocenters. The summed E-state index contributed by atoms with van der Waals surface area (Å²) in [5, 5.41) is 0. The largest absolute Gasteiger partial charge is 0.299 e. The summed E-state index contributed by atoms with van der Waals surface area (Å²) < 4.78 is 0. The molecule has 3 fully saturated rings. The minimum absolute atomic E-state index is 0.293. The number of allylic oxidation sites excluding steroid dienone is 4. The monoisotopic (exact) mass is 198 g/mol. The van der Waals surface area contributed by atoms with E-state index in [1.165, 1.54) is 6.42 Å². The van der Waals surface area contributed by atoms with Gasteiger partial charge in [-0.15, -0.1) is 0 Å². The third kappa shape index (κ3) is 0.579. The van der Waals surface area contributed by atoms with Crippen molar-refractivity contribution in [3.63, 3.8) is 0 Å². The van der Waals surface area contributed by atoms with Crippen LogP contribution in [0, 0.1) is 47.3 Å². The van der Waals surface area contributed by atoms with Gasteiger partial charge in [-0.2, -0.15) is 0 Å². The van der Waals surface area contributed by atoms with Gasteiger partial charge in [0.25, 0.3) is 0 Å². The fraction of sp³-hybridized carbons (Fsp3) is 0.643. The molecule has 7 aliphatic rings. The fourth-order valence-electron chi connectivity index (χ4n) is 5.47. The topological polar surface area (TPSA) is 17.1 Å². The number of rotatable bonds is 0. The van der Waals surface area contributed by atoms with Crippen LogP contribution in [0.1, 0.15) is 6.42 Å². The van der Waals surface area contributed by atoms with E-state index >= 15 is 0 Å². The Morgan fingerprint density at radius 3 is 2.53 bits per heavy atom. The fourth-order valence-corrected chi connectivity index (χ4v) is 5.47. The Morgan fingerprint density at radius 2 is 1.67 bits per heavy atom. The van der Waals surface area contributed by atoms with Crippen molar-refractivity contribution in [1.82, 2.24) is 0 Å². The first-order valence-corrected chi connectivity index (χ1v) is 6.26. The van der Waals surface area contributed by atoms with Gasteiger partial charge in [0.1, 0.15) is 5.78 Å². The van der Waals surface area contributed by atoms with Gasteiger partial charge in [0.2, 0.25) is 0 Å². The molecule has 7 aliphatic carbocycles. The molecule has 0 N–H and O–H groups in total. The van der Waals surface area contributed by atoms with Crippen LogP contribution in [0.3, 0.4) is 0 Å². The molecule has 1 nitrogen and oxygen atoms in total. The summed E-state index contributed by atoms with van der Waals surface area (Å²) in [4.78, 5) is 12.3. The van der Waals surface area contributed by atoms with E-state index in [0.717, 1.165) is 17.8 Å². The van der Waals surface area contributed by atoms with E-state index < -0.39 is 0 Å².